The summed E-state index contributed by atoms with van der Waals surface area (Å²) in [4.78, 5) is 27.0. The van der Waals surface area contributed by atoms with Crippen LogP contribution in [0.5, 0.6) is 0 Å². The second-order valence-corrected chi connectivity index (χ2v) is 6.47. The molecule has 0 fully saturated rings. The summed E-state index contributed by atoms with van der Waals surface area (Å²) in [5, 5.41) is 2.97. The number of nitrogens with one attached hydrogen (secondary N) is 1. The van der Waals surface area contributed by atoms with E-state index in [1.807, 2.05) is 39.0 Å². The van der Waals surface area contributed by atoms with Gasteiger partial charge in [0.1, 0.15) is 11.5 Å². The summed E-state index contributed by atoms with van der Waals surface area (Å²) in [5.74, 6) is -1.11. The molecule has 0 saturated heterocycles. The minimum Gasteiger partial charge on any atom is -0.350 e. The Labute approximate surface area is 152 Å². The zero-order chi connectivity index (χ0) is 18.8. The van der Waals surface area contributed by atoms with Crippen molar-refractivity contribution in [1.29, 1.82) is 0 Å². The number of benzene rings is 2. The molecule has 2 aromatic carbocycles. The van der Waals surface area contributed by atoms with Gasteiger partial charge in [-0.05, 0) is 49.6 Å². The Hall–Kier alpha value is -2.95. The summed E-state index contributed by atoms with van der Waals surface area (Å²) >= 11 is 0. The standard InChI is InChI=1S/C21H21FN2O2/c1-4-10-24-20(25)18(17-9-8-13(2)11-14(17)3)19(21(24)26)23-16-7-5-6-15(22)12-16/h5-9,11-12,23H,4,10H2,1-3H3. The van der Waals surface area contributed by atoms with Crippen molar-refractivity contribution in [2.75, 3.05) is 11.9 Å². The molecule has 0 unspecified atom stereocenters. The van der Waals surface area contributed by atoms with Crippen LogP contribution in [0.1, 0.15) is 30.0 Å². The number of amides is 2. The molecule has 26 heavy (non-hydrogen) atoms. The van der Waals surface area contributed by atoms with E-state index in [9.17, 15) is 14.0 Å². The van der Waals surface area contributed by atoms with Crippen molar-refractivity contribution in [3.8, 4) is 0 Å². The largest absolute Gasteiger partial charge is 0.350 e. The highest BCUT2D eigenvalue weighted by Gasteiger charge is 2.39. The number of imide groups is 1. The number of carbonyl (C=O) groups is 2. The molecule has 5 heteroatoms. The number of hydrogen-bond donors (Lipinski definition) is 1. The molecule has 2 amide bonds. The van der Waals surface area contributed by atoms with Gasteiger partial charge >= 0.3 is 0 Å². The fourth-order valence-corrected chi connectivity index (χ4v) is 3.17. The lowest BCUT2D eigenvalue weighted by molar-refractivity contribution is -0.136. The first-order valence-electron chi connectivity index (χ1n) is 8.63. The maximum atomic E-state index is 13.5. The average molecular weight is 352 g/mol. The van der Waals surface area contributed by atoms with Crippen LogP contribution in [0.3, 0.4) is 0 Å². The van der Waals surface area contributed by atoms with E-state index in [1.165, 1.54) is 17.0 Å². The van der Waals surface area contributed by atoms with E-state index >= 15 is 0 Å². The van der Waals surface area contributed by atoms with Gasteiger partial charge in [-0.15, -0.1) is 0 Å². The fraction of sp³-hybridized carbons (Fsp3) is 0.238. The highest BCUT2D eigenvalue weighted by molar-refractivity contribution is 6.36. The summed E-state index contributed by atoms with van der Waals surface area (Å²) in [7, 11) is 0. The molecule has 134 valence electrons. The third kappa shape index (κ3) is 3.25. The monoisotopic (exact) mass is 352 g/mol. The van der Waals surface area contributed by atoms with Gasteiger partial charge in [0.25, 0.3) is 11.8 Å². The van der Waals surface area contributed by atoms with Gasteiger partial charge in [-0.2, -0.15) is 0 Å². The zero-order valence-corrected chi connectivity index (χ0v) is 15.1. The lowest BCUT2D eigenvalue weighted by atomic mass is 9.97. The summed E-state index contributed by atoms with van der Waals surface area (Å²) in [6.07, 6.45) is 0.672. The van der Waals surface area contributed by atoms with E-state index in [0.717, 1.165) is 11.1 Å². The van der Waals surface area contributed by atoms with Crippen molar-refractivity contribution in [2.24, 2.45) is 0 Å². The molecule has 4 nitrogen and oxygen atoms in total. The Morgan fingerprint density at radius 1 is 1.04 bits per heavy atom. The van der Waals surface area contributed by atoms with Crippen LogP contribution in [0.4, 0.5) is 10.1 Å². The molecule has 1 aliphatic rings. The Morgan fingerprint density at radius 3 is 2.46 bits per heavy atom. The van der Waals surface area contributed by atoms with Crippen LogP contribution in [0, 0.1) is 19.7 Å². The second-order valence-electron chi connectivity index (χ2n) is 6.47. The third-order valence-corrected chi connectivity index (χ3v) is 4.36. The number of hydrogen-bond acceptors (Lipinski definition) is 3. The summed E-state index contributed by atoms with van der Waals surface area (Å²) in [5.41, 5.74) is 3.67. The minimum atomic E-state index is -0.411. The molecule has 1 N–H and O–H groups in total. The van der Waals surface area contributed by atoms with E-state index in [1.54, 1.807) is 12.1 Å². The average Bonchev–Trinajstić information content (AvgIpc) is 2.80. The maximum Gasteiger partial charge on any atom is 0.278 e. The molecule has 1 heterocycles. The fourth-order valence-electron chi connectivity index (χ4n) is 3.17. The molecule has 0 aliphatic carbocycles. The highest BCUT2D eigenvalue weighted by Crippen LogP contribution is 2.32. The number of halogens is 1. The van der Waals surface area contributed by atoms with Gasteiger partial charge in [0.2, 0.25) is 0 Å². The quantitative estimate of drug-likeness (QED) is 0.826. The molecule has 1 aliphatic heterocycles. The van der Waals surface area contributed by atoms with E-state index in [4.69, 9.17) is 0 Å². The Bertz CT molecular complexity index is 918. The van der Waals surface area contributed by atoms with Gasteiger partial charge in [0, 0.05) is 12.2 Å². The number of nitrogens with zero attached hydrogens (tertiary/aromatic N) is 1. The van der Waals surface area contributed by atoms with Crippen molar-refractivity contribution >= 4 is 23.1 Å². The summed E-state index contributed by atoms with van der Waals surface area (Å²) in [6, 6.07) is 11.6. The highest BCUT2D eigenvalue weighted by atomic mass is 19.1. The first kappa shape index (κ1) is 17.9. The van der Waals surface area contributed by atoms with E-state index in [2.05, 4.69) is 5.32 Å². The summed E-state index contributed by atoms with van der Waals surface area (Å²) < 4.78 is 13.5. The maximum absolute atomic E-state index is 13.5. The number of rotatable bonds is 5. The normalized spacial score (nSPS) is 14.4. The predicted octanol–water partition coefficient (Wildman–Crippen LogP) is 4.04. The van der Waals surface area contributed by atoms with Gasteiger partial charge in [-0.25, -0.2) is 4.39 Å². The van der Waals surface area contributed by atoms with Crippen molar-refractivity contribution in [3.63, 3.8) is 0 Å². The predicted molar refractivity (Wildman–Crippen MR) is 99.9 cm³/mol. The van der Waals surface area contributed by atoms with Gasteiger partial charge in [0.15, 0.2) is 0 Å². The molecule has 0 aromatic heterocycles. The van der Waals surface area contributed by atoms with Gasteiger partial charge in [-0.3, -0.25) is 14.5 Å². The molecular weight excluding hydrogens is 331 g/mol. The molecule has 3 rings (SSSR count). The van der Waals surface area contributed by atoms with Crippen LogP contribution < -0.4 is 5.32 Å². The molecular formula is C21H21FN2O2. The Kier molecular flexibility index (Phi) is 4.89. The van der Waals surface area contributed by atoms with Crippen LogP contribution in [0.25, 0.3) is 5.57 Å². The van der Waals surface area contributed by atoms with E-state index < -0.39 is 5.82 Å². The number of anilines is 1. The SMILES string of the molecule is CCCN1C(=O)C(Nc2cccc(F)c2)=C(c2ccc(C)cc2C)C1=O. The molecule has 0 radical (unpaired) electrons. The van der Waals surface area contributed by atoms with Crippen LogP contribution in [-0.2, 0) is 9.59 Å². The van der Waals surface area contributed by atoms with E-state index in [0.29, 0.717) is 29.8 Å². The molecule has 0 spiro atoms. The van der Waals surface area contributed by atoms with Crippen molar-refractivity contribution in [3.05, 3.63) is 70.7 Å². The topological polar surface area (TPSA) is 49.4 Å². The van der Waals surface area contributed by atoms with Crippen LogP contribution in [0.15, 0.2) is 48.2 Å². The van der Waals surface area contributed by atoms with E-state index in [-0.39, 0.29) is 17.5 Å². The Balaban J connectivity index is 2.12. The lowest BCUT2D eigenvalue weighted by Crippen LogP contribution is -2.33. The zero-order valence-electron chi connectivity index (χ0n) is 15.1. The summed E-state index contributed by atoms with van der Waals surface area (Å²) in [6.45, 7) is 6.15. The number of aryl methyl sites for hydroxylation is 2. The van der Waals surface area contributed by atoms with Crippen LogP contribution in [-0.4, -0.2) is 23.3 Å². The van der Waals surface area contributed by atoms with Crippen LogP contribution in [0.2, 0.25) is 0 Å². The Morgan fingerprint density at radius 2 is 1.81 bits per heavy atom. The first-order chi connectivity index (χ1) is 12.4. The molecule has 0 atom stereocenters. The molecule has 0 saturated carbocycles. The van der Waals surface area contributed by atoms with Gasteiger partial charge < -0.3 is 5.32 Å². The first-order valence-corrected chi connectivity index (χ1v) is 8.63. The van der Waals surface area contributed by atoms with Crippen molar-refractivity contribution < 1.29 is 14.0 Å². The van der Waals surface area contributed by atoms with Gasteiger partial charge in [-0.1, -0.05) is 36.8 Å². The van der Waals surface area contributed by atoms with Crippen molar-refractivity contribution in [2.45, 2.75) is 27.2 Å². The lowest BCUT2D eigenvalue weighted by Gasteiger charge is -2.14. The number of carbonyl (C=O) groups excluding carboxylic acids is 2. The van der Waals surface area contributed by atoms with Gasteiger partial charge in [0.05, 0.1) is 5.57 Å². The third-order valence-electron chi connectivity index (χ3n) is 4.36. The second kappa shape index (κ2) is 7.12. The van der Waals surface area contributed by atoms with Crippen LogP contribution >= 0.6 is 0 Å². The molecule has 2 aromatic rings. The minimum absolute atomic E-state index is 0.195. The molecule has 0 bridgehead atoms. The van der Waals surface area contributed by atoms with Crippen molar-refractivity contribution in [1.82, 2.24) is 4.90 Å². The smallest absolute Gasteiger partial charge is 0.278 e.